The first kappa shape index (κ1) is 16.1. The number of nitrogens with two attached hydrogens (primary N) is 1. The van der Waals surface area contributed by atoms with Crippen LogP contribution >= 0.6 is 34.8 Å². The molecule has 6 nitrogen and oxygen atoms in total. The molecule has 0 aliphatic heterocycles. The van der Waals surface area contributed by atoms with Crippen LogP contribution in [0.3, 0.4) is 0 Å². The summed E-state index contributed by atoms with van der Waals surface area (Å²) in [6, 6.07) is 5.03. The lowest BCUT2D eigenvalue weighted by Crippen LogP contribution is -2.15. The summed E-state index contributed by atoms with van der Waals surface area (Å²) in [5, 5.41) is 7.91. The summed E-state index contributed by atoms with van der Waals surface area (Å²) in [4.78, 5) is 14.4. The van der Waals surface area contributed by atoms with Gasteiger partial charge in [-0.15, -0.1) is 0 Å². The number of nitrogens with one attached hydrogen (secondary N) is 2. The average Bonchev–Trinajstić information content (AvgIpc) is 2.71. The quantitative estimate of drug-likeness (QED) is 0.775. The topological polar surface area (TPSA) is 105 Å². The first-order valence-electron chi connectivity index (χ1n) is 5.36. The summed E-state index contributed by atoms with van der Waals surface area (Å²) in [5.41, 5.74) is 0.192. The van der Waals surface area contributed by atoms with E-state index in [0.717, 1.165) is 6.07 Å². The standard InChI is InChI=1S/C11H8Cl3N3O3S/c12-6-2-1-5(21(15,19)20)3-8(6)17-11(18)9-4-7(13)10(14)16-9/h1-4,16H,(H,17,18)(H2,15,19,20). The Kier molecular flexibility index (Phi) is 4.50. The second kappa shape index (κ2) is 5.86. The highest BCUT2D eigenvalue weighted by atomic mass is 35.5. The lowest BCUT2D eigenvalue weighted by molar-refractivity contribution is 0.102. The molecular weight excluding hydrogens is 361 g/mol. The first-order chi connectivity index (χ1) is 9.68. The molecule has 0 fully saturated rings. The van der Waals surface area contributed by atoms with Crippen molar-refractivity contribution in [3.05, 3.63) is 45.2 Å². The van der Waals surface area contributed by atoms with E-state index in [1.807, 2.05) is 0 Å². The van der Waals surface area contributed by atoms with Gasteiger partial charge in [0.15, 0.2) is 0 Å². The molecule has 1 amide bonds. The van der Waals surface area contributed by atoms with E-state index in [1.165, 1.54) is 18.2 Å². The Morgan fingerprint density at radius 2 is 1.81 bits per heavy atom. The van der Waals surface area contributed by atoms with E-state index in [-0.39, 0.29) is 31.5 Å². The summed E-state index contributed by atoms with van der Waals surface area (Å²) in [6.45, 7) is 0. The van der Waals surface area contributed by atoms with Crippen molar-refractivity contribution in [1.82, 2.24) is 4.98 Å². The molecule has 2 aromatic rings. The predicted octanol–water partition coefficient (Wildman–Crippen LogP) is 2.87. The smallest absolute Gasteiger partial charge is 0.272 e. The molecule has 4 N–H and O–H groups in total. The summed E-state index contributed by atoms with van der Waals surface area (Å²) in [6.07, 6.45) is 0. The monoisotopic (exact) mass is 367 g/mol. The maximum Gasteiger partial charge on any atom is 0.272 e. The van der Waals surface area contributed by atoms with E-state index in [2.05, 4.69) is 10.3 Å². The molecule has 21 heavy (non-hydrogen) atoms. The van der Waals surface area contributed by atoms with Gasteiger partial charge in [-0.1, -0.05) is 34.8 Å². The van der Waals surface area contributed by atoms with Crippen LogP contribution in [0, 0.1) is 0 Å². The number of anilines is 1. The molecule has 0 bridgehead atoms. The zero-order valence-corrected chi connectivity index (χ0v) is 13.2. The van der Waals surface area contributed by atoms with Crippen LogP contribution in [0.1, 0.15) is 10.5 Å². The number of aromatic nitrogens is 1. The van der Waals surface area contributed by atoms with Crippen molar-refractivity contribution >= 4 is 56.4 Å². The number of rotatable bonds is 3. The van der Waals surface area contributed by atoms with Crippen LogP contribution < -0.4 is 10.5 Å². The normalized spacial score (nSPS) is 11.4. The van der Waals surface area contributed by atoms with Gasteiger partial charge in [0.05, 0.1) is 20.6 Å². The van der Waals surface area contributed by atoms with E-state index in [0.29, 0.717) is 0 Å². The molecule has 2 rings (SSSR count). The summed E-state index contributed by atoms with van der Waals surface area (Å²) in [5.74, 6) is -0.586. The number of sulfonamides is 1. The molecular formula is C11H8Cl3N3O3S. The predicted molar refractivity (Wildman–Crippen MR) is 81.6 cm³/mol. The molecule has 1 aromatic heterocycles. The largest absolute Gasteiger partial charge is 0.340 e. The van der Waals surface area contributed by atoms with Crippen molar-refractivity contribution < 1.29 is 13.2 Å². The van der Waals surface area contributed by atoms with Gasteiger partial charge < -0.3 is 10.3 Å². The number of carbonyl (C=O) groups is 1. The number of amides is 1. The molecule has 112 valence electrons. The van der Waals surface area contributed by atoms with Crippen molar-refractivity contribution in [3.63, 3.8) is 0 Å². The molecule has 0 saturated heterocycles. The molecule has 0 unspecified atom stereocenters. The second-order valence-electron chi connectivity index (χ2n) is 3.99. The number of carbonyl (C=O) groups excluding carboxylic acids is 1. The van der Waals surface area contributed by atoms with E-state index in [9.17, 15) is 13.2 Å². The van der Waals surface area contributed by atoms with Gasteiger partial charge in [0.25, 0.3) is 5.91 Å². The van der Waals surface area contributed by atoms with Gasteiger partial charge in [0, 0.05) is 0 Å². The maximum atomic E-state index is 12.0. The lowest BCUT2D eigenvalue weighted by atomic mass is 10.3. The van der Waals surface area contributed by atoms with Crippen molar-refractivity contribution in [3.8, 4) is 0 Å². The summed E-state index contributed by atoms with van der Waals surface area (Å²) >= 11 is 17.3. The third-order valence-electron chi connectivity index (χ3n) is 2.48. The Morgan fingerprint density at radius 3 is 2.33 bits per heavy atom. The van der Waals surface area contributed by atoms with Gasteiger partial charge in [-0.25, -0.2) is 13.6 Å². The number of benzene rings is 1. The zero-order valence-electron chi connectivity index (χ0n) is 10.2. The fourth-order valence-electron chi connectivity index (χ4n) is 1.49. The van der Waals surface area contributed by atoms with E-state index >= 15 is 0 Å². The molecule has 0 saturated carbocycles. The highest BCUT2D eigenvalue weighted by Gasteiger charge is 2.15. The lowest BCUT2D eigenvalue weighted by Gasteiger charge is -2.08. The van der Waals surface area contributed by atoms with Crippen molar-refractivity contribution in [2.75, 3.05) is 5.32 Å². The zero-order chi connectivity index (χ0) is 15.8. The Morgan fingerprint density at radius 1 is 1.14 bits per heavy atom. The molecule has 1 aromatic carbocycles. The number of aromatic amines is 1. The van der Waals surface area contributed by atoms with Gasteiger partial charge in [-0.3, -0.25) is 4.79 Å². The van der Waals surface area contributed by atoms with E-state index < -0.39 is 15.9 Å². The van der Waals surface area contributed by atoms with Crippen molar-refractivity contribution in [2.24, 2.45) is 5.14 Å². The Balaban J connectivity index is 2.33. The Labute approximate surface area is 135 Å². The fraction of sp³-hybridized carbons (Fsp3) is 0. The maximum absolute atomic E-state index is 12.0. The summed E-state index contributed by atoms with van der Waals surface area (Å²) < 4.78 is 22.6. The minimum absolute atomic E-state index is 0.0926. The number of hydrogen-bond donors (Lipinski definition) is 3. The second-order valence-corrected chi connectivity index (χ2v) is 6.74. The SMILES string of the molecule is NS(=O)(=O)c1ccc(Cl)c(NC(=O)c2cc(Cl)c(Cl)[nH]2)c1. The summed E-state index contributed by atoms with van der Waals surface area (Å²) in [7, 11) is -3.91. The van der Waals surface area contributed by atoms with Gasteiger partial charge in [-0.2, -0.15) is 0 Å². The molecule has 0 atom stereocenters. The first-order valence-corrected chi connectivity index (χ1v) is 8.04. The van der Waals surface area contributed by atoms with Crippen LogP contribution in [0.15, 0.2) is 29.2 Å². The molecule has 0 aliphatic carbocycles. The van der Waals surface area contributed by atoms with E-state index in [1.54, 1.807) is 0 Å². The molecule has 0 aliphatic rings. The number of halogens is 3. The average molecular weight is 369 g/mol. The highest BCUT2D eigenvalue weighted by molar-refractivity contribution is 7.89. The third kappa shape index (κ3) is 3.69. The van der Waals surface area contributed by atoms with Crippen molar-refractivity contribution in [2.45, 2.75) is 4.90 Å². The van der Waals surface area contributed by atoms with Crippen LogP contribution in [-0.2, 0) is 10.0 Å². The third-order valence-corrected chi connectivity index (χ3v) is 4.42. The van der Waals surface area contributed by atoms with Gasteiger partial charge in [0.1, 0.15) is 10.8 Å². The Bertz CT molecular complexity index is 798. The van der Waals surface area contributed by atoms with E-state index in [4.69, 9.17) is 39.9 Å². The minimum Gasteiger partial charge on any atom is -0.340 e. The number of H-pyrrole nitrogens is 1. The Hall–Kier alpha value is -1.25. The fourth-order valence-corrected chi connectivity index (χ4v) is 2.51. The molecule has 0 spiro atoms. The molecule has 1 heterocycles. The van der Waals surface area contributed by atoms with Crippen LogP contribution in [0.4, 0.5) is 5.69 Å². The van der Waals surface area contributed by atoms with Gasteiger partial charge >= 0.3 is 0 Å². The molecule has 0 radical (unpaired) electrons. The van der Waals surface area contributed by atoms with Crippen LogP contribution in [0.2, 0.25) is 15.2 Å². The van der Waals surface area contributed by atoms with Gasteiger partial charge in [0.2, 0.25) is 10.0 Å². The van der Waals surface area contributed by atoms with Crippen LogP contribution in [-0.4, -0.2) is 19.3 Å². The van der Waals surface area contributed by atoms with Gasteiger partial charge in [-0.05, 0) is 24.3 Å². The molecule has 10 heteroatoms. The number of hydrogen-bond acceptors (Lipinski definition) is 3. The minimum atomic E-state index is -3.91. The number of primary sulfonamides is 1. The van der Waals surface area contributed by atoms with Crippen LogP contribution in [0.5, 0.6) is 0 Å². The van der Waals surface area contributed by atoms with Crippen LogP contribution in [0.25, 0.3) is 0 Å². The highest BCUT2D eigenvalue weighted by Crippen LogP contribution is 2.26. The van der Waals surface area contributed by atoms with Crippen molar-refractivity contribution in [1.29, 1.82) is 0 Å².